The number of ether oxygens (including phenoxy) is 2. The number of benzene rings is 1. The molecule has 1 aliphatic rings. The summed E-state index contributed by atoms with van der Waals surface area (Å²) in [4.78, 5) is -0.184. The first kappa shape index (κ1) is 12.1. The molecule has 2 rings (SSSR count). The molecule has 1 heterocycles. The number of fused-ring (bicyclic) bond motifs is 1. The van der Waals surface area contributed by atoms with Crippen molar-refractivity contribution in [2.45, 2.75) is 11.0 Å². The maximum Gasteiger partial charge on any atom is 0.197 e. The minimum atomic E-state index is -3.52. The molecule has 1 aliphatic heterocycles. The number of aliphatic hydroxyl groups is 1. The Morgan fingerprint density at radius 3 is 2.82 bits per heavy atom. The Morgan fingerprint density at radius 1 is 1.53 bits per heavy atom. The number of hydrogen-bond acceptors (Lipinski definition) is 5. The van der Waals surface area contributed by atoms with Gasteiger partial charge in [0.05, 0.1) is 11.5 Å². The number of sulfone groups is 1. The average molecular weight is 262 g/mol. The highest BCUT2D eigenvalue weighted by atomic mass is 32.2. The van der Waals surface area contributed by atoms with Crippen LogP contribution in [0.1, 0.15) is 0 Å². The molecule has 0 fully saturated rings. The van der Waals surface area contributed by atoms with Crippen molar-refractivity contribution in [3.8, 4) is 11.5 Å². The second-order valence-electron chi connectivity index (χ2n) is 3.74. The van der Waals surface area contributed by atoms with E-state index in [4.69, 9.17) is 14.6 Å². The van der Waals surface area contributed by atoms with E-state index in [0.717, 1.165) is 12.3 Å². The van der Waals surface area contributed by atoms with Crippen molar-refractivity contribution < 1.29 is 27.4 Å². The summed E-state index contributed by atoms with van der Waals surface area (Å²) < 4.78 is 46.5. The molecule has 0 radical (unpaired) electrons. The van der Waals surface area contributed by atoms with Gasteiger partial charge in [0, 0.05) is 12.3 Å². The third-order valence-corrected chi connectivity index (χ3v) is 3.41. The lowest BCUT2D eigenvalue weighted by Gasteiger charge is -2.25. The van der Waals surface area contributed by atoms with E-state index in [1.807, 2.05) is 0 Å². The molecule has 0 aromatic heterocycles. The summed E-state index contributed by atoms with van der Waals surface area (Å²) in [6.07, 6.45) is 0.359. The van der Waals surface area contributed by atoms with Gasteiger partial charge in [-0.05, 0) is 6.07 Å². The summed E-state index contributed by atoms with van der Waals surface area (Å²) >= 11 is 0. The smallest absolute Gasteiger partial charge is 0.197 e. The largest absolute Gasteiger partial charge is 0.483 e. The highest BCUT2D eigenvalue weighted by Crippen LogP contribution is 2.36. The van der Waals surface area contributed by atoms with Gasteiger partial charge in [0.2, 0.25) is 0 Å². The Morgan fingerprint density at radius 2 is 2.24 bits per heavy atom. The Balaban J connectivity index is 2.49. The fourth-order valence-electron chi connectivity index (χ4n) is 1.47. The van der Waals surface area contributed by atoms with E-state index in [0.29, 0.717) is 0 Å². The zero-order chi connectivity index (χ0) is 12.6. The van der Waals surface area contributed by atoms with Crippen LogP contribution in [0.15, 0.2) is 17.0 Å². The molecule has 1 atom stereocenters. The summed E-state index contributed by atoms with van der Waals surface area (Å²) in [5.41, 5.74) is 0. The predicted molar refractivity (Wildman–Crippen MR) is 56.5 cm³/mol. The first-order valence-electron chi connectivity index (χ1n) is 4.85. The summed E-state index contributed by atoms with van der Waals surface area (Å²) in [6.45, 7) is -0.261. The molecular formula is C10H11FO5S. The molecule has 0 amide bonds. The second kappa shape index (κ2) is 4.15. The lowest BCUT2D eigenvalue weighted by atomic mass is 10.2. The SMILES string of the molecule is CS(=O)(=O)c1cc(F)c2c(c1)O[C@H](CO)CO2. The highest BCUT2D eigenvalue weighted by molar-refractivity contribution is 7.90. The fraction of sp³-hybridized carbons (Fsp3) is 0.400. The lowest BCUT2D eigenvalue weighted by molar-refractivity contribution is 0.0425. The van der Waals surface area contributed by atoms with Gasteiger partial charge >= 0.3 is 0 Å². The monoisotopic (exact) mass is 262 g/mol. The molecule has 0 saturated carbocycles. The van der Waals surface area contributed by atoms with Gasteiger partial charge in [0.25, 0.3) is 0 Å². The Hall–Kier alpha value is -1.34. The molecule has 0 bridgehead atoms. The van der Waals surface area contributed by atoms with Crippen molar-refractivity contribution in [3.63, 3.8) is 0 Å². The molecule has 0 aliphatic carbocycles. The van der Waals surface area contributed by atoms with Gasteiger partial charge in [-0.25, -0.2) is 12.8 Å². The molecule has 1 N–H and O–H groups in total. The maximum absolute atomic E-state index is 13.6. The maximum atomic E-state index is 13.6. The van der Waals surface area contributed by atoms with Crippen LogP contribution in [0.4, 0.5) is 4.39 Å². The van der Waals surface area contributed by atoms with Gasteiger partial charge in [-0.1, -0.05) is 0 Å². The predicted octanol–water partition coefficient (Wildman–Crippen LogP) is 0.361. The molecule has 94 valence electrons. The van der Waals surface area contributed by atoms with Crippen LogP contribution in [0.3, 0.4) is 0 Å². The van der Waals surface area contributed by atoms with Gasteiger partial charge in [0.1, 0.15) is 6.61 Å². The molecule has 7 heteroatoms. The van der Waals surface area contributed by atoms with E-state index >= 15 is 0 Å². The minimum Gasteiger partial charge on any atom is -0.483 e. The average Bonchev–Trinajstić information content (AvgIpc) is 2.27. The molecule has 5 nitrogen and oxygen atoms in total. The third kappa shape index (κ3) is 2.34. The van der Waals surface area contributed by atoms with Crippen LogP contribution in [-0.2, 0) is 9.84 Å². The van der Waals surface area contributed by atoms with Gasteiger partial charge in [0.15, 0.2) is 33.3 Å². The van der Waals surface area contributed by atoms with Crippen molar-refractivity contribution in [1.29, 1.82) is 0 Å². The number of halogens is 1. The van der Waals surface area contributed by atoms with Gasteiger partial charge in [-0.15, -0.1) is 0 Å². The van der Waals surface area contributed by atoms with Crippen molar-refractivity contribution in [2.75, 3.05) is 19.5 Å². The standard InChI is InChI=1S/C10H11FO5S/c1-17(13,14)7-2-8(11)10-9(3-7)16-6(4-12)5-15-10/h2-3,6,12H,4-5H2,1H3/t6-/m1/s1. The lowest BCUT2D eigenvalue weighted by Crippen LogP contribution is -2.32. The van der Waals surface area contributed by atoms with E-state index in [-0.39, 0.29) is 29.6 Å². The molecule has 0 unspecified atom stereocenters. The summed E-state index contributed by atoms with van der Waals surface area (Å²) in [6, 6.07) is 2.08. The van der Waals surface area contributed by atoms with Crippen LogP contribution in [0.2, 0.25) is 0 Å². The van der Waals surface area contributed by atoms with E-state index in [9.17, 15) is 12.8 Å². The topological polar surface area (TPSA) is 72.8 Å². The van der Waals surface area contributed by atoms with Gasteiger partial charge in [-0.2, -0.15) is 0 Å². The van der Waals surface area contributed by atoms with Crippen LogP contribution < -0.4 is 9.47 Å². The summed E-state index contributed by atoms with van der Waals surface area (Å²) in [5.74, 6) is -0.919. The fourth-order valence-corrected chi connectivity index (χ4v) is 2.10. The van der Waals surface area contributed by atoms with E-state index < -0.39 is 21.8 Å². The zero-order valence-electron chi connectivity index (χ0n) is 9.01. The van der Waals surface area contributed by atoms with Crippen LogP contribution in [0, 0.1) is 5.82 Å². The Bertz CT molecular complexity index is 540. The molecular weight excluding hydrogens is 251 g/mol. The van der Waals surface area contributed by atoms with Crippen LogP contribution in [-0.4, -0.2) is 39.1 Å². The second-order valence-corrected chi connectivity index (χ2v) is 5.75. The van der Waals surface area contributed by atoms with Crippen molar-refractivity contribution in [3.05, 3.63) is 17.9 Å². The first-order chi connectivity index (χ1) is 7.91. The van der Waals surface area contributed by atoms with E-state index in [1.54, 1.807) is 0 Å². The molecule has 0 saturated heterocycles. The first-order valence-corrected chi connectivity index (χ1v) is 6.75. The molecule has 17 heavy (non-hydrogen) atoms. The number of rotatable bonds is 2. The normalized spacial score (nSPS) is 19.1. The quantitative estimate of drug-likeness (QED) is 0.833. The molecule has 1 aromatic rings. The zero-order valence-corrected chi connectivity index (χ0v) is 9.83. The van der Waals surface area contributed by atoms with Crippen LogP contribution >= 0.6 is 0 Å². The van der Waals surface area contributed by atoms with Crippen LogP contribution in [0.25, 0.3) is 0 Å². The molecule has 1 aromatic carbocycles. The highest BCUT2D eigenvalue weighted by Gasteiger charge is 2.25. The summed E-state index contributed by atoms with van der Waals surface area (Å²) in [5, 5.41) is 8.90. The molecule has 0 spiro atoms. The number of aliphatic hydroxyl groups excluding tert-OH is 1. The van der Waals surface area contributed by atoms with E-state index in [1.165, 1.54) is 6.07 Å². The van der Waals surface area contributed by atoms with Gasteiger partial charge < -0.3 is 14.6 Å². The van der Waals surface area contributed by atoms with Crippen molar-refractivity contribution in [1.82, 2.24) is 0 Å². The number of hydrogen-bond donors (Lipinski definition) is 1. The van der Waals surface area contributed by atoms with Crippen LogP contribution in [0.5, 0.6) is 11.5 Å². The Labute approximate surface area is 97.7 Å². The van der Waals surface area contributed by atoms with Crippen molar-refractivity contribution >= 4 is 9.84 Å². The van der Waals surface area contributed by atoms with Gasteiger partial charge in [-0.3, -0.25) is 0 Å². The van der Waals surface area contributed by atoms with E-state index in [2.05, 4.69) is 0 Å². The Kier molecular flexibility index (Phi) is 2.96. The summed E-state index contributed by atoms with van der Waals surface area (Å²) in [7, 11) is -3.52. The van der Waals surface area contributed by atoms with Crippen molar-refractivity contribution in [2.24, 2.45) is 0 Å². The minimum absolute atomic E-state index is 0.00396. The third-order valence-electron chi connectivity index (χ3n) is 2.32.